The van der Waals surface area contributed by atoms with Gasteiger partial charge in [0.1, 0.15) is 29.6 Å². The lowest BCUT2D eigenvalue weighted by atomic mass is 9.82. The number of rotatable bonds is 12. The largest absolute Gasteiger partial charge is 0.508 e. The summed E-state index contributed by atoms with van der Waals surface area (Å²) in [6.07, 6.45) is -0.125. The lowest BCUT2D eigenvalue weighted by molar-refractivity contribution is -0.136. The van der Waals surface area contributed by atoms with Crippen molar-refractivity contribution in [2.24, 2.45) is 0 Å². The number of hydrogen-bond acceptors (Lipinski definition) is 5. The fraction of sp³-hybridized carbons (Fsp3) is 0.205. The summed E-state index contributed by atoms with van der Waals surface area (Å²) in [6, 6.07) is 30.9. The van der Waals surface area contributed by atoms with E-state index in [0.29, 0.717) is 49.7 Å². The number of aryl methyl sites for hydroxylation is 1. The van der Waals surface area contributed by atoms with Crippen LogP contribution >= 0.6 is 31.9 Å². The van der Waals surface area contributed by atoms with Gasteiger partial charge in [0.25, 0.3) is 0 Å². The van der Waals surface area contributed by atoms with Crippen LogP contribution in [0.5, 0.6) is 28.7 Å². The van der Waals surface area contributed by atoms with Crippen LogP contribution < -0.4 is 14.2 Å². The minimum Gasteiger partial charge on any atom is -0.508 e. The Hall–Kier alpha value is -4.27. The van der Waals surface area contributed by atoms with E-state index in [-0.39, 0.29) is 18.1 Å². The Morgan fingerprint density at radius 1 is 0.787 bits per heavy atom. The number of ether oxygens (including phenoxy) is 3. The summed E-state index contributed by atoms with van der Waals surface area (Å²) in [5, 5.41) is 20.8. The Kier molecular flexibility index (Phi) is 10.9. The number of halogens is 2. The Morgan fingerprint density at radius 2 is 1.49 bits per heavy atom. The zero-order valence-electron chi connectivity index (χ0n) is 26.6. The highest BCUT2D eigenvalue weighted by Crippen LogP contribution is 2.48. The predicted octanol–water partition coefficient (Wildman–Crippen LogP) is 10.5. The third kappa shape index (κ3) is 8.18. The Bertz CT molecular complexity index is 1860. The zero-order valence-corrected chi connectivity index (χ0v) is 29.8. The highest BCUT2D eigenvalue weighted by Gasteiger charge is 2.28. The van der Waals surface area contributed by atoms with Gasteiger partial charge in [-0.15, -0.1) is 0 Å². The van der Waals surface area contributed by atoms with E-state index in [1.807, 2.05) is 73.7 Å². The van der Waals surface area contributed by atoms with Crippen LogP contribution in [-0.2, 0) is 17.8 Å². The second-order valence-electron chi connectivity index (χ2n) is 11.7. The maximum atomic E-state index is 11.4. The maximum Gasteiger partial charge on any atom is 0.307 e. The number of hydrogen-bond donors (Lipinski definition) is 2. The van der Waals surface area contributed by atoms with Crippen LogP contribution in [0, 0.1) is 6.92 Å². The molecule has 5 rings (SSSR count). The highest BCUT2D eigenvalue weighted by atomic mass is 79.9. The van der Waals surface area contributed by atoms with Crippen LogP contribution in [0.1, 0.15) is 64.6 Å². The smallest absolute Gasteiger partial charge is 0.307 e. The molecule has 47 heavy (non-hydrogen) atoms. The molecule has 1 atom stereocenters. The van der Waals surface area contributed by atoms with Crippen LogP contribution in [0.3, 0.4) is 0 Å². The van der Waals surface area contributed by atoms with Crippen LogP contribution in [0.4, 0.5) is 0 Å². The topological polar surface area (TPSA) is 85.2 Å². The van der Waals surface area contributed by atoms with Crippen molar-refractivity contribution in [1.82, 2.24) is 0 Å². The molecule has 0 saturated heterocycles. The van der Waals surface area contributed by atoms with Crippen molar-refractivity contribution in [3.8, 4) is 28.7 Å². The number of phenols is 1. The first-order chi connectivity index (χ1) is 22.5. The summed E-state index contributed by atoms with van der Waals surface area (Å²) in [5.74, 6) is 1.19. The fourth-order valence-corrected chi connectivity index (χ4v) is 7.04. The molecule has 5 aromatic rings. The van der Waals surface area contributed by atoms with Gasteiger partial charge in [0.05, 0.1) is 22.5 Å². The molecular weight excluding hydrogens is 724 g/mol. The van der Waals surface area contributed by atoms with Crippen LogP contribution in [0.2, 0.25) is 0 Å². The van der Waals surface area contributed by atoms with Crippen molar-refractivity contribution in [1.29, 1.82) is 0 Å². The second-order valence-corrected chi connectivity index (χ2v) is 13.4. The SMILES string of the molecule is COc1cc(C(c2cccc(C)c2)c2cc(OCc3ccccc3)ccc2O)c(Oc2c(Br)cc(CC(=O)O)cc2Br)cc1C(C)C. The summed E-state index contributed by atoms with van der Waals surface area (Å²) in [4.78, 5) is 11.4. The molecule has 0 amide bonds. The minimum absolute atomic E-state index is 0.113. The van der Waals surface area contributed by atoms with Crippen molar-refractivity contribution < 1.29 is 29.2 Å². The van der Waals surface area contributed by atoms with Crippen molar-refractivity contribution in [2.45, 2.75) is 45.6 Å². The highest BCUT2D eigenvalue weighted by molar-refractivity contribution is 9.11. The van der Waals surface area contributed by atoms with Gasteiger partial charge in [-0.3, -0.25) is 4.79 Å². The molecule has 2 N–H and O–H groups in total. The minimum atomic E-state index is -0.924. The van der Waals surface area contributed by atoms with Crippen LogP contribution in [0.25, 0.3) is 0 Å². The molecule has 0 aromatic heterocycles. The van der Waals surface area contributed by atoms with E-state index in [4.69, 9.17) is 14.2 Å². The number of carbonyl (C=O) groups is 1. The summed E-state index contributed by atoms with van der Waals surface area (Å²) < 4.78 is 20.1. The Balaban J connectivity index is 1.70. The lowest BCUT2D eigenvalue weighted by Crippen LogP contribution is -2.09. The lowest BCUT2D eigenvalue weighted by Gasteiger charge is -2.26. The molecule has 0 bridgehead atoms. The Morgan fingerprint density at radius 3 is 2.13 bits per heavy atom. The van der Waals surface area contributed by atoms with Gasteiger partial charge >= 0.3 is 5.97 Å². The van der Waals surface area contributed by atoms with E-state index >= 15 is 0 Å². The van der Waals surface area contributed by atoms with Gasteiger partial charge < -0.3 is 24.4 Å². The molecule has 8 heteroatoms. The van der Waals surface area contributed by atoms with Gasteiger partial charge in [0.2, 0.25) is 0 Å². The summed E-state index contributed by atoms with van der Waals surface area (Å²) in [6.45, 7) is 6.59. The van der Waals surface area contributed by atoms with Crippen LogP contribution in [0.15, 0.2) is 106 Å². The number of aromatic hydroxyl groups is 1. The van der Waals surface area contributed by atoms with Crippen molar-refractivity contribution in [3.05, 3.63) is 145 Å². The third-order valence-electron chi connectivity index (χ3n) is 7.85. The maximum absolute atomic E-state index is 11.4. The Labute approximate surface area is 292 Å². The molecule has 1 unspecified atom stereocenters. The molecular formula is C39H36Br2O6. The normalized spacial score (nSPS) is 11.7. The molecule has 0 spiro atoms. The van der Waals surface area contributed by atoms with Gasteiger partial charge in [-0.05, 0) is 104 Å². The van der Waals surface area contributed by atoms with Crippen LogP contribution in [-0.4, -0.2) is 23.3 Å². The zero-order chi connectivity index (χ0) is 33.7. The number of carboxylic acid groups (broad SMARTS) is 1. The molecule has 0 fully saturated rings. The molecule has 5 aromatic carbocycles. The van der Waals surface area contributed by atoms with Gasteiger partial charge in [-0.1, -0.05) is 74.0 Å². The van der Waals surface area contributed by atoms with Gasteiger partial charge in [0.15, 0.2) is 5.75 Å². The number of methoxy groups -OCH3 is 1. The first-order valence-electron chi connectivity index (χ1n) is 15.2. The fourth-order valence-electron chi connectivity index (χ4n) is 5.60. The van der Waals surface area contributed by atoms with Crippen molar-refractivity contribution in [3.63, 3.8) is 0 Å². The van der Waals surface area contributed by atoms with E-state index in [1.54, 1.807) is 31.4 Å². The monoisotopic (exact) mass is 758 g/mol. The van der Waals surface area contributed by atoms with Gasteiger partial charge in [0, 0.05) is 22.6 Å². The third-order valence-corrected chi connectivity index (χ3v) is 9.03. The summed E-state index contributed by atoms with van der Waals surface area (Å²) >= 11 is 7.22. The van der Waals surface area contributed by atoms with Gasteiger partial charge in [-0.25, -0.2) is 0 Å². The summed E-state index contributed by atoms with van der Waals surface area (Å²) in [7, 11) is 1.65. The molecule has 0 radical (unpaired) electrons. The molecule has 0 aliphatic rings. The molecule has 0 aliphatic heterocycles. The standard InChI is InChI=1S/C39H36Br2O6/c1-23(2)29-20-36(47-39-32(40)16-26(17-33(39)41)18-37(43)44)31(21-35(29)45-4)38(27-12-8-9-24(3)15-27)30-19-28(13-14-34(30)42)46-22-25-10-6-5-7-11-25/h5-17,19-21,23,38,42H,18,22H2,1-4H3,(H,43,44). The van der Waals surface area contributed by atoms with Crippen molar-refractivity contribution in [2.75, 3.05) is 7.11 Å². The summed E-state index contributed by atoms with van der Waals surface area (Å²) in [5.41, 5.74) is 6.02. The molecule has 0 heterocycles. The average Bonchev–Trinajstić information content (AvgIpc) is 3.03. The number of benzene rings is 5. The molecule has 6 nitrogen and oxygen atoms in total. The molecule has 0 saturated carbocycles. The van der Waals surface area contributed by atoms with E-state index in [9.17, 15) is 15.0 Å². The van der Waals surface area contributed by atoms with E-state index in [0.717, 1.165) is 27.8 Å². The quantitative estimate of drug-likeness (QED) is 0.123. The predicted molar refractivity (Wildman–Crippen MR) is 191 cm³/mol. The first-order valence-corrected chi connectivity index (χ1v) is 16.8. The first kappa shape index (κ1) is 34.1. The average molecular weight is 761 g/mol. The van der Waals surface area contributed by atoms with E-state index in [2.05, 4.69) is 51.8 Å². The molecule has 242 valence electrons. The number of carboxylic acids is 1. The van der Waals surface area contributed by atoms with E-state index in [1.165, 1.54) is 0 Å². The number of aliphatic carboxylic acids is 1. The van der Waals surface area contributed by atoms with E-state index < -0.39 is 11.9 Å². The van der Waals surface area contributed by atoms with Crippen molar-refractivity contribution >= 4 is 37.8 Å². The second kappa shape index (κ2) is 15.1. The van der Waals surface area contributed by atoms with Gasteiger partial charge in [-0.2, -0.15) is 0 Å². The number of phenolic OH excluding ortho intramolecular Hbond substituents is 1. The molecule has 0 aliphatic carbocycles.